The molecule has 2 nitrogen and oxygen atoms in total. The number of aryl methyl sites for hydroxylation is 2. The van der Waals surface area contributed by atoms with Gasteiger partial charge in [-0.25, -0.2) is 4.98 Å². The minimum absolute atomic E-state index is 0.342. The predicted molar refractivity (Wildman–Crippen MR) is 53.4 cm³/mol. The number of rotatable bonds is 4. The SMILES string of the molecule is CCC(N)CCc1nc(C)cs1. The first kappa shape index (κ1) is 9.68. The van der Waals surface area contributed by atoms with Gasteiger partial charge in [-0.15, -0.1) is 11.3 Å². The zero-order chi connectivity index (χ0) is 8.97. The lowest BCUT2D eigenvalue weighted by molar-refractivity contribution is 0.595. The second kappa shape index (κ2) is 4.58. The molecule has 1 unspecified atom stereocenters. The Morgan fingerprint density at radius 1 is 1.67 bits per heavy atom. The first-order valence-electron chi connectivity index (χ1n) is 4.39. The summed E-state index contributed by atoms with van der Waals surface area (Å²) >= 11 is 1.74. The smallest absolute Gasteiger partial charge is 0.0928 e. The maximum Gasteiger partial charge on any atom is 0.0928 e. The van der Waals surface area contributed by atoms with Gasteiger partial charge < -0.3 is 5.73 Å². The number of aromatic nitrogens is 1. The van der Waals surface area contributed by atoms with Crippen LogP contribution in [0.2, 0.25) is 0 Å². The molecule has 2 N–H and O–H groups in total. The summed E-state index contributed by atoms with van der Waals surface area (Å²) in [5.74, 6) is 0. The van der Waals surface area contributed by atoms with E-state index in [1.54, 1.807) is 11.3 Å². The maximum absolute atomic E-state index is 5.80. The number of hydrogen-bond donors (Lipinski definition) is 1. The molecule has 3 heteroatoms. The van der Waals surface area contributed by atoms with Crippen molar-refractivity contribution in [3.05, 3.63) is 16.1 Å². The zero-order valence-corrected chi connectivity index (χ0v) is 8.53. The average Bonchev–Trinajstić information content (AvgIpc) is 2.47. The normalized spacial score (nSPS) is 13.2. The first-order valence-corrected chi connectivity index (χ1v) is 5.27. The third-order valence-corrected chi connectivity index (χ3v) is 2.95. The van der Waals surface area contributed by atoms with Crippen molar-refractivity contribution >= 4 is 11.3 Å². The highest BCUT2D eigenvalue weighted by Gasteiger charge is 2.02. The van der Waals surface area contributed by atoms with Crippen molar-refractivity contribution in [3.8, 4) is 0 Å². The topological polar surface area (TPSA) is 38.9 Å². The van der Waals surface area contributed by atoms with Gasteiger partial charge in [0.05, 0.1) is 5.01 Å². The summed E-state index contributed by atoms with van der Waals surface area (Å²) in [4.78, 5) is 4.38. The van der Waals surface area contributed by atoms with Crippen molar-refractivity contribution in [1.29, 1.82) is 0 Å². The Kier molecular flexibility index (Phi) is 3.69. The molecule has 0 saturated carbocycles. The molecule has 0 fully saturated rings. The molecule has 0 aliphatic rings. The standard InChI is InChI=1S/C9H16N2S/c1-3-8(10)4-5-9-11-7(2)6-12-9/h6,8H,3-5,10H2,1-2H3. The molecule has 68 valence electrons. The van der Waals surface area contributed by atoms with Gasteiger partial charge in [-0.3, -0.25) is 0 Å². The van der Waals surface area contributed by atoms with Crippen molar-refractivity contribution in [2.75, 3.05) is 0 Å². The molecule has 1 atom stereocenters. The van der Waals surface area contributed by atoms with Crippen LogP contribution in [0.5, 0.6) is 0 Å². The fourth-order valence-electron chi connectivity index (χ4n) is 1.03. The van der Waals surface area contributed by atoms with E-state index in [9.17, 15) is 0 Å². The molecule has 0 bridgehead atoms. The number of thiazole rings is 1. The Morgan fingerprint density at radius 3 is 2.92 bits per heavy atom. The van der Waals surface area contributed by atoms with Crippen LogP contribution in [0.15, 0.2) is 5.38 Å². The van der Waals surface area contributed by atoms with Crippen LogP contribution in [-0.2, 0) is 6.42 Å². The summed E-state index contributed by atoms with van der Waals surface area (Å²) < 4.78 is 0. The number of nitrogens with zero attached hydrogens (tertiary/aromatic N) is 1. The molecule has 1 aromatic heterocycles. The summed E-state index contributed by atoms with van der Waals surface area (Å²) in [5.41, 5.74) is 6.93. The molecule has 12 heavy (non-hydrogen) atoms. The molecule has 0 spiro atoms. The summed E-state index contributed by atoms with van der Waals surface area (Å²) in [5, 5.41) is 3.31. The molecule has 0 amide bonds. The van der Waals surface area contributed by atoms with E-state index in [0.717, 1.165) is 25.0 Å². The Hall–Kier alpha value is -0.410. The van der Waals surface area contributed by atoms with E-state index in [-0.39, 0.29) is 0 Å². The van der Waals surface area contributed by atoms with Crippen molar-refractivity contribution in [1.82, 2.24) is 4.98 Å². The van der Waals surface area contributed by atoms with Crippen LogP contribution < -0.4 is 5.73 Å². The van der Waals surface area contributed by atoms with E-state index in [1.807, 2.05) is 6.92 Å². The summed E-state index contributed by atoms with van der Waals surface area (Å²) in [6.45, 7) is 4.15. The van der Waals surface area contributed by atoms with Crippen LogP contribution in [-0.4, -0.2) is 11.0 Å². The van der Waals surface area contributed by atoms with E-state index < -0.39 is 0 Å². The fraction of sp³-hybridized carbons (Fsp3) is 0.667. The van der Waals surface area contributed by atoms with Gasteiger partial charge in [0.15, 0.2) is 0 Å². The van der Waals surface area contributed by atoms with Gasteiger partial charge in [0.25, 0.3) is 0 Å². The zero-order valence-electron chi connectivity index (χ0n) is 7.71. The highest BCUT2D eigenvalue weighted by atomic mass is 32.1. The van der Waals surface area contributed by atoms with Crippen LogP contribution in [0.4, 0.5) is 0 Å². The highest BCUT2D eigenvalue weighted by molar-refractivity contribution is 7.09. The molecule has 1 aromatic rings. The fourth-order valence-corrected chi connectivity index (χ4v) is 1.82. The minimum atomic E-state index is 0.342. The molecule has 0 aliphatic carbocycles. The van der Waals surface area contributed by atoms with Gasteiger partial charge in [-0.2, -0.15) is 0 Å². The van der Waals surface area contributed by atoms with Crippen LogP contribution in [0.1, 0.15) is 30.5 Å². The number of hydrogen-bond acceptors (Lipinski definition) is 3. The molecule has 1 heterocycles. The van der Waals surface area contributed by atoms with E-state index in [2.05, 4.69) is 17.3 Å². The Labute approximate surface area is 77.8 Å². The Balaban J connectivity index is 2.33. The van der Waals surface area contributed by atoms with E-state index in [1.165, 1.54) is 5.01 Å². The quantitative estimate of drug-likeness (QED) is 0.778. The van der Waals surface area contributed by atoms with Crippen molar-refractivity contribution < 1.29 is 0 Å². The summed E-state index contributed by atoms with van der Waals surface area (Å²) in [6.07, 6.45) is 3.15. The minimum Gasteiger partial charge on any atom is -0.328 e. The van der Waals surface area contributed by atoms with Gasteiger partial charge in [0.2, 0.25) is 0 Å². The molecule has 0 saturated heterocycles. The highest BCUT2D eigenvalue weighted by Crippen LogP contribution is 2.11. The summed E-state index contributed by atoms with van der Waals surface area (Å²) in [6, 6.07) is 0.342. The first-order chi connectivity index (χ1) is 5.72. The van der Waals surface area contributed by atoms with Gasteiger partial charge in [-0.05, 0) is 19.8 Å². The second-order valence-corrected chi connectivity index (χ2v) is 4.03. The van der Waals surface area contributed by atoms with E-state index >= 15 is 0 Å². The maximum atomic E-state index is 5.80. The lowest BCUT2D eigenvalue weighted by Crippen LogP contribution is -2.18. The third-order valence-electron chi connectivity index (χ3n) is 1.92. The van der Waals surface area contributed by atoms with Crippen molar-refractivity contribution in [2.24, 2.45) is 5.73 Å². The Bertz CT molecular complexity index is 232. The largest absolute Gasteiger partial charge is 0.328 e. The molecular formula is C9H16N2S. The monoisotopic (exact) mass is 184 g/mol. The van der Waals surface area contributed by atoms with Gasteiger partial charge >= 0.3 is 0 Å². The van der Waals surface area contributed by atoms with Gasteiger partial charge in [0, 0.05) is 23.5 Å². The van der Waals surface area contributed by atoms with E-state index in [4.69, 9.17) is 5.73 Å². The molecule has 0 radical (unpaired) electrons. The van der Waals surface area contributed by atoms with Crippen LogP contribution in [0, 0.1) is 6.92 Å². The van der Waals surface area contributed by atoms with Crippen LogP contribution in [0.25, 0.3) is 0 Å². The Morgan fingerprint density at radius 2 is 2.42 bits per heavy atom. The van der Waals surface area contributed by atoms with Gasteiger partial charge in [0.1, 0.15) is 0 Å². The molecule has 0 aliphatic heterocycles. The second-order valence-electron chi connectivity index (χ2n) is 3.09. The van der Waals surface area contributed by atoms with Crippen molar-refractivity contribution in [2.45, 2.75) is 39.2 Å². The van der Waals surface area contributed by atoms with Crippen LogP contribution in [0.3, 0.4) is 0 Å². The lowest BCUT2D eigenvalue weighted by Gasteiger charge is -2.05. The molecular weight excluding hydrogens is 168 g/mol. The average molecular weight is 184 g/mol. The third kappa shape index (κ3) is 2.91. The van der Waals surface area contributed by atoms with Crippen LogP contribution >= 0.6 is 11.3 Å². The summed E-state index contributed by atoms with van der Waals surface area (Å²) in [7, 11) is 0. The number of nitrogens with two attached hydrogens (primary N) is 1. The molecule has 1 rings (SSSR count). The molecule has 0 aromatic carbocycles. The van der Waals surface area contributed by atoms with Gasteiger partial charge in [-0.1, -0.05) is 6.92 Å². The predicted octanol–water partition coefficient (Wildman–Crippen LogP) is 2.12. The van der Waals surface area contributed by atoms with E-state index in [0.29, 0.717) is 6.04 Å². The lowest BCUT2D eigenvalue weighted by atomic mass is 10.1. The van der Waals surface area contributed by atoms with Crippen molar-refractivity contribution in [3.63, 3.8) is 0 Å².